The zero-order valence-corrected chi connectivity index (χ0v) is 24.3. The number of carbonyl (C=O) groups is 2. The highest BCUT2D eigenvalue weighted by Crippen LogP contribution is 2.45. The molecule has 0 bridgehead atoms. The van der Waals surface area contributed by atoms with Gasteiger partial charge >= 0.3 is 5.97 Å². The van der Waals surface area contributed by atoms with Crippen LogP contribution in [0.2, 0.25) is 10.0 Å². The van der Waals surface area contributed by atoms with E-state index < -0.39 is 29.9 Å². The van der Waals surface area contributed by atoms with E-state index in [1.165, 1.54) is 12.1 Å². The van der Waals surface area contributed by atoms with Crippen molar-refractivity contribution < 1.29 is 33.0 Å². The molecule has 11 heteroatoms. The highest BCUT2D eigenvalue weighted by Gasteiger charge is 2.41. The van der Waals surface area contributed by atoms with Crippen LogP contribution in [0.1, 0.15) is 65.5 Å². The van der Waals surface area contributed by atoms with Crippen LogP contribution >= 0.6 is 23.2 Å². The molecule has 41 heavy (non-hydrogen) atoms. The first kappa shape index (κ1) is 30.0. The summed E-state index contributed by atoms with van der Waals surface area (Å²) in [4.78, 5) is 27.9. The number of amides is 1. The van der Waals surface area contributed by atoms with Gasteiger partial charge in [0, 0.05) is 29.6 Å². The van der Waals surface area contributed by atoms with Crippen molar-refractivity contribution in [2.24, 2.45) is 5.92 Å². The third-order valence-corrected chi connectivity index (χ3v) is 8.74. The van der Waals surface area contributed by atoms with Crippen LogP contribution in [0.5, 0.6) is 5.75 Å². The summed E-state index contributed by atoms with van der Waals surface area (Å²) in [5.41, 5.74) is 1.51. The molecule has 0 spiro atoms. The van der Waals surface area contributed by atoms with Crippen molar-refractivity contribution in [3.8, 4) is 5.75 Å². The maximum Gasteiger partial charge on any atom is 0.326 e. The maximum atomic E-state index is 15.2. The molecule has 3 fully saturated rings. The lowest BCUT2D eigenvalue weighted by molar-refractivity contribution is -0.141. The molecule has 2 saturated heterocycles. The van der Waals surface area contributed by atoms with Crippen molar-refractivity contribution in [2.75, 3.05) is 40.0 Å². The Kier molecular flexibility index (Phi) is 9.38. The molecular weight excluding hydrogens is 577 g/mol. The molecule has 1 amide bonds. The van der Waals surface area contributed by atoms with E-state index in [2.05, 4.69) is 4.90 Å². The van der Waals surface area contributed by atoms with Gasteiger partial charge in [-0.3, -0.25) is 9.69 Å². The lowest BCUT2D eigenvalue weighted by Gasteiger charge is -2.37. The second-order valence-electron chi connectivity index (χ2n) is 11.3. The van der Waals surface area contributed by atoms with Crippen molar-refractivity contribution in [1.82, 2.24) is 9.80 Å². The summed E-state index contributed by atoms with van der Waals surface area (Å²) in [6.07, 6.45) is 1.81. The first-order valence-corrected chi connectivity index (χ1v) is 14.7. The number of carbonyl (C=O) groups excluding carboxylic acids is 1. The number of hydrogen-bond acceptors (Lipinski definition) is 5. The molecular formula is C30H34Cl2F2N2O5. The van der Waals surface area contributed by atoms with Gasteiger partial charge in [0.2, 0.25) is 0 Å². The minimum Gasteiger partial charge on any atom is -0.493 e. The van der Waals surface area contributed by atoms with Gasteiger partial charge in [0.25, 0.3) is 5.91 Å². The number of likely N-dealkylation sites (tertiary alicyclic amines) is 2. The van der Waals surface area contributed by atoms with Crippen LogP contribution in [0.3, 0.4) is 0 Å². The van der Waals surface area contributed by atoms with Gasteiger partial charge in [-0.25, -0.2) is 13.6 Å². The fourth-order valence-corrected chi connectivity index (χ4v) is 6.49. The molecule has 2 aromatic carbocycles. The first-order valence-electron chi connectivity index (χ1n) is 14.0. The van der Waals surface area contributed by atoms with E-state index in [0.717, 1.165) is 54.8 Å². The number of carboxylic acids is 1. The Bertz CT molecular complexity index is 1270. The Hall–Kier alpha value is -2.46. The molecule has 2 heterocycles. The van der Waals surface area contributed by atoms with E-state index in [1.807, 2.05) is 12.1 Å². The van der Waals surface area contributed by atoms with Gasteiger partial charge in [0.1, 0.15) is 23.8 Å². The molecule has 222 valence electrons. The van der Waals surface area contributed by atoms with Crippen LogP contribution < -0.4 is 4.74 Å². The predicted octanol–water partition coefficient (Wildman–Crippen LogP) is 6.13. The van der Waals surface area contributed by atoms with E-state index >= 15 is 4.39 Å². The number of benzene rings is 2. The second kappa shape index (κ2) is 12.8. The van der Waals surface area contributed by atoms with E-state index in [9.17, 15) is 19.1 Å². The van der Waals surface area contributed by atoms with Crippen LogP contribution in [-0.4, -0.2) is 79.0 Å². The summed E-state index contributed by atoms with van der Waals surface area (Å²) in [5.74, 6) is -2.07. The second-order valence-corrected chi connectivity index (χ2v) is 12.1. The minimum atomic E-state index is -1.45. The molecule has 2 aliphatic heterocycles. The zero-order chi connectivity index (χ0) is 29.3. The van der Waals surface area contributed by atoms with Crippen molar-refractivity contribution in [3.63, 3.8) is 0 Å². The molecule has 1 N–H and O–H groups in total. The molecule has 5 rings (SSSR count). The van der Waals surface area contributed by atoms with Gasteiger partial charge < -0.3 is 19.5 Å². The van der Waals surface area contributed by atoms with E-state index in [4.69, 9.17) is 32.7 Å². The Balaban J connectivity index is 1.24. The summed E-state index contributed by atoms with van der Waals surface area (Å²) in [6.45, 7) is 2.19. The van der Waals surface area contributed by atoms with Crippen molar-refractivity contribution in [1.29, 1.82) is 0 Å². The van der Waals surface area contributed by atoms with Crippen LogP contribution in [0.15, 0.2) is 30.3 Å². The molecule has 0 radical (unpaired) electrons. The van der Waals surface area contributed by atoms with Gasteiger partial charge in [0.05, 0.1) is 31.4 Å². The number of methoxy groups -OCH3 is 1. The van der Waals surface area contributed by atoms with E-state index in [-0.39, 0.29) is 36.4 Å². The highest BCUT2D eigenvalue weighted by molar-refractivity contribution is 6.34. The summed E-state index contributed by atoms with van der Waals surface area (Å²) >= 11 is 12.5. The molecule has 7 nitrogen and oxygen atoms in total. The third kappa shape index (κ3) is 6.96. The molecule has 1 saturated carbocycles. The molecule has 0 unspecified atom stereocenters. The summed E-state index contributed by atoms with van der Waals surface area (Å²) in [6, 6.07) is 6.95. The number of nitrogens with zero attached hydrogens (tertiary/aromatic N) is 2. The van der Waals surface area contributed by atoms with Crippen LogP contribution in [0.4, 0.5) is 8.78 Å². The van der Waals surface area contributed by atoms with Crippen LogP contribution in [0, 0.1) is 11.7 Å². The van der Waals surface area contributed by atoms with Crippen molar-refractivity contribution >= 4 is 35.1 Å². The fourth-order valence-electron chi connectivity index (χ4n) is 5.95. The molecule has 2 aromatic rings. The van der Waals surface area contributed by atoms with Crippen LogP contribution in [0.25, 0.3) is 0 Å². The topological polar surface area (TPSA) is 79.3 Å². The fraction of sp³-hybridized carbons (Fsp3) is 0.533. The average Bonchev–Trinajstić information content (AvgIpc) is 3.70. The smallest absolute Gasteiger partial charge is 0.326 e. The number of ether oxygens (including phenoxy) is 2. The summed E-state index contributed by atoms with van der Waals surface area (Å²) < 4.78 is 40.8. The highest BCUT2D eigenvalue weighted by atomic mass is 35.5. The molecule has 3 aliphatic rings. The van der Waals surface area contributed by atoms with Crippen molar-refractivity contribution in [3.05, 3.63) is 62.9 Å². The lowest BCUT2D eigenvalue weighted by Crippen LogP contribution is -2.41. The number of halogens is 4. The number of alkyl halides is 1. The minimum absolute atomic E-state index is 0.0164. The van der Waals surface area contributed by atoms with E-state index in [0.29, 0.717) is 29.0 Å². The largest absolute Gasteiger partial charge is 0.493 e. The maximum absolute atomic E-state index is 15.2. The molecule has 0 aromatic heterocycles. The third-order valence-electron chi connectivity index (χ3n) is 8.30. The van der Waals surface area contributed by atoms with Gasteiger partial charge in [-0.15, -0.1) is 0 Å². The van der Waals surface area contributed by atoms with Gasteiger partial charge in [0.15, 0.2) is 0 Å². The number of piperidine rings is 1. The predicted molar refractivity (Wildman–Crippen MR) is 151 cm³/mol. The zero-order valence-electron chi connectivity index (χ0n) is 22.8. The Labute approximate surface area is 248 Å². The Morgan fingerprint density at radius 1 is 1.07 bits per heavy atom. The molecule has 1 aliphatic carbocycles. The summed E-state index contributed by atoms with van der Waals surface area (Å²) in [7, 11) is 1.67. The van der Waals surface area contributed by atoms with E-state index in [1.54, 1.807) is 13.2 Å². The van der Waals surface area contributed by atoms with Gasteiger partial charge in [-0.2, -0.15) is 0 Å². The van der Waals surface area contributed by atoms with Gasteiger partial charge in [-0.1, -0.05) is 23.2 Å². The van der Waals surface area contributed by atoms with Crippen molar-refractivity contribution in [2.45, 2.75) is 56.3 Å². The summed E-state index contributed by atoms with van der Waals surface area (Å²) in [5, 5.41) is 10.6. The van der Waals surface area contributed by atoms with Crippen LogP contribution in [-0.2, 0) is 9.53 Å². The number of hydrogen-bond donors (Lipinski definition) is 1. The SMILES string of the molecule is COC[C@H](c1cc(Cl)cc(Cl)c1)N1CCC(COc2cc(F)c(C(=O)N3C[C@H](F)C[C@H]3C(=O)O)cc2C2CC2)CC1. The Morgan fingerprint density at radius 2 is 1.76 bits per heavy atom. The lowest BCUT2D eigenvalue weighted by atomic mass is 9.95. The number of aliphatic carboxylic acids is 1. The average molecular weight is 612 g/mol. The Morgan fingerprint density at radius 3 is 2.37 bits per heavy atom. The standard InChI is InChI=1S/C30H34Cl2F2N2O5/c1-40-16-27(19-8-20(31)10-21(32)9-19)35-6-4-17(5-7-35)15-41-28-13-25(34)24(12-23(28)18-2-3-18)29(37)36-14-22(33)11-26(36)30(38)39/h8-10,12-13,17-18,22,26-27H,2-7,11,14-16H2,1H3,(H,38,39)/t22-,26+,27-/m1/s1. The quantitative estimate of drug-likeness (QED) is 0.349. The number of rotatable bonds is 10. The monoisotopic (exact) mass is 610 g/mol. The molecule has 3 atom stereocenters. The number of carboxylic acid groups (broad SMARTS) is 1. The van der Waals surface area contributed by atoms with Gasteiger partial charge in [-0.05, 0) is 86.0 Å². The normalized spacial score (nSPS) is 22.6. The first-order chi connectivity index (χ1) is 19.6.